The third-order valence-electron chi connectivity index (χ3n) is 2.77. The SMILES string of the molecule is CC(C)C.CCCC(=O)Cn1c(C)nc2cccnc2c1=O. The predicted octanol–water partition coefficient (Wildman–Crippen LogP) is 3.13. The van der Waals surface area contributed by atoms with E-state index in [1.165, 1.54) is 4.57 Å². The van der Waals surface area contributed by atoms with E-state index in [0.717, 1.165) is 12.3 Å². The molecule has 0 atom stereocenters. The zero-order chi connectivity index (χ0) is 16.7. The van der Waals surface area contributed by atoms with Crippen LogP contribution in [0, 0.1) is 12.8 Å². The second-order valence-corrected chi connectivity index (χ2v) is 5.94. The Bertz CT molecular complexity index is 687. The fourth-order valence-electron chi connectivity index (χ4n) is 1.88. The van der Waals surface area contributed by atoms with Crippen molar-refractivity contribution in [3.8, 4) is 0 Å². The first-order valence-electron chi connectivity index (χ1n) is 7.70. The topological polar surface area (TPSA) is 64.8 Å². The zero-order valence-corrected chi connectivity index (χ0v) is 14.1. The van der Waals surface area contributed by atoms with Crippen LogP contribution in [0.2, 0.25) is 0 Å². The molecule has 0 radical (unpaired) electrons. The molecular formula is C17H25N3O2. The van der Waals surface area contributed by atoms with Gasteiger partial charge in [-0.25, -0.2) is 9.97 Å². The van der Waals surface area contributed by atoms with Gasteiger partial charge in [0.1, 0.15) is 5.82 Å². The molecule has 2 aromatic rings. The minimum atomic E-state index is -0.248. The van der Waals surface area contributed by atoms with E-state index in [9.17, 15) is 9.59 Å². The number of carbonyl (C=O) groups is 1. The largest absolute Gasteiger partial charge is 0.298 e. The molecule has 0 aromatic carbocycles. The number of fused-ring (bicyclic) bond motifs is 1. The van der Waals surface area contributed by atoms with Crippen molar-refractivity contribution in [1.29, 1.82) is 0 Å². The van der Waals surface area contributed by atoms with Gasteiger partial charge in [0.25, 0.3) is 5.56 Å². The number of aromatic nitrogens is 3. The van der Waals surface area contributed by atoms with Crippen LogP contribution in [-0.4, -0.2) is 20.3 Å². The molecule has 5 heteroatoms. The van der Waals surface area contributed by atoms with Crippen LogP contribution in [0.4, 0.5) is 0 Å². The summed E-state index contributed by atoms with van der Waals surface area (Å²) >= 11 is 0. The lowest BCUT2D eigenvalue weighted by atomic mass is 10.2. The monoisotopic (exact) mass is 303 g/mol. The van der Waals surface area contributed by atoms with E-state index in [1.807, 2.05) is 6.92 Å². The van der Waals surface area contributed by atoms with Crippen LogP contribution >= 0.6 is 0 Å². The molecule has 2 rings (SSSR count). The Morgan fingerprint density at radius 3 is 2.55 bits per heavy atom. The molecular weight excluding hydrogens is 278 g/mol. The average Bonchev–Trinajstić information content (AvgIpc) is 2.43. The number of rotatable bonds is 4. The maximum Gasteiger partial charge on any atom is 0.280 e. The standard InChI is InChI=1S/C13H15N3O2.C4H10/c1-3-5-10(17)8-16-9(2)15-11-6-4-7-14-12(11)13(16)18;1-4(2)3/h4,6-7H,3,5,8H2,1-2H3;4H,1-3H3. The molecule has 0 amide bonds. The van der Waals surface area contributed by atoms with Gasteiger partial charge in [0.2, 0.25) is 0 Å². The lowest BCUT2D eigenvalue weighted by molar-refractivity contribution is -0.119. The smallest absolute Gasteiger partial charge is 0.280 e. The van der Waals surface area contributed by atoms with Crippen LogP contribution in [0.1, 0.15) is 46.4 Å². The van der Waals surface area contributed by atoms with Crippen molar-refractivity contribution >= 4 is 16.8 Å². The van der Waals surface area contributed by atoms with Crippen LogP contribution in [0.15, 0.2) is 23.1 Å². The van der Waals surface area contributed by atoms with Crippen molar-refractivity contribution in [3.05, 3.63) is 34.5 Å². The van der Waals surface area contributed by atoms with Crippen LogP contribution in [0.3, 0.4) is 0 Å². The quantitative estimate of drug-likeness (QED) is 0.870. The summed E-state index contributed by atoms with van der Waals surface area (Å²) in [5.74, 6) is 1.42. The molecule has 0 unspecified atom stereocenters. The zero-order valence-electron chi connectivity index (χ0n) is 14.1. The summed E-state index contributed by atoms with van der Waals surface area (Å²) in [6.45, 7) is 10.2. The number of hydrogen-bond donors (Lipinski definition) is 0. The van der Waals surface area contributed by atoms with Gasteiger partial charge in [0.15, 0.2) is 11.3 Å². The third kappa shape index (κ3) is 5.06. The maximum absolute atomic E-state index is 12.2. The number of Topliss-reactive ketones (excluding diaryl/α,β-unsaturated/α-hetero) is 1. The van der Waals surface area contributed by atoms with Crippen molar-refractivity contribution in [2.75, 3.05) is 0 Å². The summed E-state index contributed by atoms with van der Waals surface area (Å²) < 4.78 is 1.40. The Morgan fingerprint density at radius 1 is 1.32 bits per heavy atom. The highest BCUT2D eigenvalue weighted by atomic mass is 16.1. The van der Waals surface area contributed by atoms with Gasteiger partial charge in [-0.2, -0.15) is 0 Å². The van der Waals surface area contributed by atoms with E-state index in [1.54, 1.807) is 25.3 Å². The normalized spacial score (nSPS) is 10.5. The molecule has 0 aliphatic rings. The fourth-order valence-corrected chi connectivity index (χ4v) is 1.88. The predicted molar refractivity (Wildman–Crippen MR) is 89.0 cm³/mol. The number of hydrogen-bond acceptors (Lipinski definition) is 4. The highest BCUT2D eigenvalue weighted by molar-refractivity contribution is 5.79. The first-order valence-corrected chi connectivity index (χ1v) is 7.70. The molecule has 0 spiro atoms. The minimum absolute atomic E-state index is 0.0415. The van der Waals surface area contributed by atoms with Crippen LogP contribution in [0.25, 0.3) is 11.0 Å². The summed E-state index contributed by atoms with van der Waals surface area (Å²) in [6.07, 6.45) is 2.82. The molecule has 120 valence electrons. The van der Waals surface area contributed by atoms with Crippen molar-refractivity contribution in [3.63, 3.8) is 0 Å². The second kappa shape index (κ2) is 8.41. The Balaban J connectivity index is 0.000000541. The van der Waals surface area contributed by atoms with Crippen LogP contribution < -0.4 is 5.56 Å². The molecule has 0 N–H and O–H groups in total. The Morgan fingerprint density at radius 2 is 1.95 bits per heavy atom. The van der Waals surface area contributed by atoms with Crippen molar-refractivity contribution in [2.45, 2.75) is 54.0 Å². The van der Waals surface area contributed by atoms with Gasteiger partial charge in [0.05, 0.1) is 12.1 Å². The van der Waals surface area contributed by atoms with E-state index < -0.39 is 0 Å². The van der Waals surface area contributed by atoms with Gasteiger partial charge in [-0.3, -0.25) is 14.2 Å². The molecule has 2 heterocycles. The number of ketones is 1. The van der Waals surface area contributed by atoms with E-state index in [2.05, 4.69) is 30.7 Å². The van der Waals surface area contributed by atoms with Gasteiger partial charge in [-0.1, -0.05) is 27.7 Å². The van der Waals surface area contributed by atoms with Gasteiger partial charge >= 0.3 is 0 Å². The first-order chi connectivity index (χ1) is 10.4. The van der Waals surface area contributed by atoms with E-state index in [4.69, 9.17) is 0 Å². The number of aryl methyl sites for hydroxylation is 1. The fraction of sp³-hybridized carbons (Fsp3) is 0.529. The minimum Gasteiger partial charge on any atom is -0.298 e. The Kier molecular flexibility index (Phi) is 6.89. The van der Waals surface area contributed by atoms with Gasteiger partial charge in [-0.05, 0) is 31.4 Å². The average molecular weight is 303 g/mol. The highest BCUT2D eigenvalue weighted by Crippen LogP contribution is 2.05. The lowest BCUT2D eigenvalue weighted by Crippen LogP contribution is -2.27. The molecule has 22 heavy (non-hydrogen) atoms. The molecule has 0 bridgehead atoms. The van der Waals surface area contributed by atoms with Gasteiger partial charge in [0, 0.05) is 12.6 Å². The molecule has 0 aliphatic heterocycles. The summed E-state index contributed by atoms with van der Waals surface area (Å²) in [5, 5.41) is 0. The lowest BCUT2D eigenvalue weighted by Gasteiger charge is -2.09. The Labute approximate surface area is 131 Å². The van der Waals surface area contributed by atoms with Crippen molar-refractivity contribution in [1.82, 2.24) is 14.5 Å². The molecule has 0 fully saturated rings. The molecule has 0 saturated heterocycles. The van der Waals surface area contributed by atoms with Gasteiger partial charge in [-0.15, -0.1) is 0 Å². The molecule has 0 saturated carbocycles. The van der Waals surface area contributed by atoms with Crippen LogP contribution in [-0.2, 0) is 11.3 Å². The summed E-state index contributed by atoms with van der Waals surface area (Å²) in [4.78, 5) is 32.2. The van der Waals surface area contributed by atoms with Crippen molar-refractivity contribution < 1.29 is 4.79 Å². The van der Waals surface area contributed by atoms with Crippen LogP contribution in [0.5, 0.6) is 0 Å². The molecule has 2 aromatic heterocycles. The maximum atomic E-state index is 12.2. The molecule has 5 nitrogen and oxygen atoms in total. The van der Waals surface area contributed by atoms with E-state index in [-0.39, 0.29) is 17.9 Å². The second-order valence-electron chi connectivity index (χ2n) is 5.94. The van der Waals surface area contributed by atoms with Crippen molar-refractivity contribution in [2.24, 2.45) is 5.92 Å². The summed E-state index contributed by atoms with van der Waals surface area (Å²) in [6, 6.07) is 3.48. The number of pyridine rings is 1. The van der Waals surface area contributed by atoms with E-state index >= 15 is 0 Å². The Hall–Kier alpha value is -2.04. The summed E-state index contributed by atoms with van der Waals surface area (Å²) in [5.41, 5.74) is 0.633. The summed E-state index contributed by atoms with van der Waals surface area (Å²) in [7, 11) is 0. The number of nitrogens with zero attached hydrogens (tertiary/aromatic N) is 3. The van der Waals surface area contributed by atoms with Gasteiger partial charge < -0.3 is 0 Å². The number of carbonyl (C=O) groups excluding carboxylic acids is 1. The first kappa shape index (κ1) is 18.0. The van der Waals surface area contributed by atoms with E-state index in [0.29, 0.717) is 23.3 Å². The highest BCUT2D eigenvalue weighted by Gasteiger charge is 2.11. The molecule has 0 aliphatic carbocycles. The third-order valence-corrected chi connectivity index (χ3v) is 2.77.